The largest absolute Gasteiger partial charge is 0.259 e. The first-order valence-electron chi connectivity index (χ1n) is 5.81. The summed E-state index contributed by atoms with van der Waals surface area (Å²) in [6.45, 7) is 0. The van der Waals surface area contributed by atoms with Crippen LogP contribution in [0.25, 0.3) is 0 Å². The summed E-state index contributed by atoms with van der Waals surface area (Å²) in [6.07, 6.45) is 3.38. The molecule has 1 heterocycles. The number of hydrogen-bond acceptors (Lipinski definition) is 2. The van der Waals surface area contributed by atoms with Crippen LogP contribution >= 0.6 is 23.4 Å². The molecule has 0 saturated carbocycles. The van der Waals surface area contributed by atoms with Crippen molar-refractivity contribution < 1.29 is 0 Å². The molecule has 2 aromatic rings. The van der Waals surface area contributed by atoms with Crippen molar-refractivity contribution in [2.45, 2.75) is 0 Å². The third-order valence-corrected chi connectivity index (χ3v) is 3.54. The standard InChI is InChI=1S/C15H10Cl2N2/c16-13-7-3-1-5-11(13)15-12-6-2-4-8-14(12)19(17)10-9-18-15/h1-10H. The van der Waals surface area contributed by atoms with E-state index in [2.05, 4.69) is 4.99 Å². The molecule has 3 rings (SSSR count). The summed E-state index contributed by atoms with van der Waals surface area (Å²) >= 11 is 12.4. The first-order valence-corrected chi connectivity index (χ1v) is 6.53. The minimum atomic E-state index is 0.674. The molecule has 0 fully saturated rings. The van der Waals surface area contributed by atoms with Crippen molar-refractivity contribution in [2.24, 2.45) is 4.99 Å². The van der Waals surface area contributed by atoms with Crippen molar-refractivity contribution in [2.75, 3.05) is 4.42 Å². The zero-order valence-corrected chi connectivity index (χ0v) is 11.4. The fourth-order valence-electron chi connectivity index (χ4n) is 2.04. The summed E-state index contributed by atoms with van der Waals surface area (Å²) in [5, 5.41) is 0.674. The Morgan fingerprint density at radius 1 is 0.895 bits per heavy atom. The maximum absolute atomic E-state index is 6.26. The number of nitrogens with zero attached hydrogens (tertiary/aromatic N) is 2. The molecule has 0 radical (unpaired) electrons. The third kappa shape index (κ3) is 2.25. The van der Waals surface area contributed by atoms with E-state index in [0.29, 0.717) is 5.02 Å². The van der Waals surface area contributed by atoms with Crippen LogP contribution in [0.1, 0.15) is 11.1 Å². The zero-order valence-electron chi connectivity index (χ0n) is 9.92. The van der Waals surface area contributed by atoms with E-state index in [1.807, 2.05) is 48.5 Å². The van der Waals surface area contributed by atoms with Crippen LogP contribution in [0.5, 0.6) is 0 Å². The van der Waals surface area contributed by atoms with Gasteiger partial charge in [-0.3, -0.25) is 9.41 Å². The first-order chi connectivity index (χ1) is 9.27. The molecule has 0 saturated heterocycles. The highest BCUT2D eigenvalue weighted by Crippen LogP contribution is 2.29. The van der Waals surface area contributed by atoms with Gasteiger partial charge >= 0.3 is 0 Å². The van der Waals surface area contributed by atoms with Crippen LogP contribution in [0.4, 0.5) is 5.69 Å². The van der Waals surface area contributed by atoms with Gasteiger partial charge in [-0.25, -0.2) is 0 Å². The van der Waals surface area contributed by atoms with Crippen LogP contribution in [0.15, 0.2) is 65.9 Å². The van der Waals surface area contributed by atoms with Crippen molar-refractivity contribution in [3.05, 3.63) is 77.1 Å². The van der Waals surface area contributed by atoms with Crippen LogP contribution in [0.3, 0.4) is 0 Å². The SMILES string of the molecule is Clc1ccccc1C1=NC=CN(Cl)c2ccccc21. The number of rotatable bonds is 1. The van der Waals surface area contributed by atoms with Gasteiger partial charge in [-0.05, 0) is 12.1 Å². The van der Waals surface area contributed by atoms with Gasteiger partial charge in [0, 0.05) is 40.3 Å². The lowest BCUT2D eigenvalue weighted by atomic mass is 10.0. The Hall–Kier alpha value is -1.77. The molecule has 0 N–H and O–H groups in total. The van der Waals surface area contributed by atoms with Gasteiger partial charge in [-0.15, -0.1) is 0 Å². The van der Waals surface area contributed by atoms with Crippen molar-refractivity contribution in [3.63, 3.8) is 0 Å². The number of anilines is 1. The van der Waals surface area contributed by atoms with Gasteiger partial charge in [0.15, 0.2) is 0 Å². The van der Waals surface area contributed by atoms with E-state index in [0.717, 1.165) is 22.5 Å². The van der Waals surface area contributed by atoms with Gasteiger partial charge in [0.1, 0.15) is 0 Å². The average Bonchev–Trinajstić information content (AvgIpc) is 2.60. The molecule has 4 heteroatoms. The normalized spacial score (nSPS) is 13.8. The van der Waals surface area contributed by atoms with E-state index in [1.165, 1.54) is 4.42 Å². The van der Waals surface area contributed by atoms with Crippen molar-refractivity contribution in [3.8, 4) is 0 Å². The molecule has 0 atom stereocenters. The summed E-state index contributed by atoms with van der Waals surface area (Å²) in [5.41, 5.74) is 3.56. The Morgan fingerprint density at radius 2 is 1.58 bits per heavy atom. The molecular weight excluding hydrogens is 279 g/mol. The Bertz CT molecular complexity index is 677. The van der Waals surface area contributed by atoms with Gasteiger partial charge in [0.2, 0.25) is 0 Å². The van der Waals surface area contributed by atoms with E-state index in [-0.39, 0.29) is 0 Å². The second kappa shape index (κ2) is 5.08. The Morgan fingerprint density at radius 3 is 2.37 bits per heavy atom. The smallest absolute Gasteiger partial charge is 0.0811 e. The number of para-hydroxylation sites is 1. The maximum atomic E-state index is 6.26. The van der Waals surface area contributed by atoms with E-state index >= 15 is 0 Å². The molecule has 0 spiro atoms. The summed E-state index contributed by atoms with van der Waals surface area (Å²) in [7, 11) is 0. The third-order valence-electron chi connectivity index (χ3n) is 2.92. The fraction of sp³-hybridized carbons (Fsp3) is 0. The summed E-state index contributed by atoms with van der Waals surface area (Å²) in [6, 6.07) is 15.5. The van der Waals surface area contributed by atoms with Gasteiger partial charge < -0.3 is 0 Å². The monoisotopic (exact) mass is 288 g/mol. The van der Waals surface area contributed by atoms with Crippen LogP contribution < -0.4 is 4.42 Å². The highest BCUT2D eigenvalue weighted by molar-refractivity contribution is 6.36. The molecule has 0 amide bonds. The van der Waals surface area contributed by atoms with Crippen LogP contribution in [0.2, 0.25) is 5.02 Å². The highest BCUT2D eigenvalue weighted by atomic mass is 35.5. The van der Waals surface area contributed by atoms with E-state index in [4.69, 9.17) is 23.4 Å². The van der Waals surface area contributed by atoms with E-state index in [9.17, 15) is 0 Å². The molecule has 94 valence electrons. The molecule has 19 heavy (non-hydrogen) atoms. The van der Waals surface area contributed by atoms with Crippen molar-refractivity contribution in [1.82, 2.24) is 0 Å². The Labute approximate surface area is 121 Å². The lowest BCUT2D eigenvalue weighted by Crippen LogP contribution is -2.08. The minimum absolute atomic E-state index is 0.674. The quantitative estimate of drug-likeness (QED) is 0.699. The maximum Gasteiger partial charge on any atom is 0.0811 e. The van der Waals surface area contributed by atoms with Crippen LogP contribution in [0, 0.1) is 0 Å². The average molecular weight is 289 g/mol. The molecule has 0 unspecified atom stereocenters. The second-order valence-corrected chi connectivity index (χ2v) is 4.86. The molecule has 0 aliphatic carbocycles. The number of aliphatic imine (C=N–C) groups is 1. The molecule has 1 aliphatic heterocycles. The highest BCUT2D eigenvalue weighted by Gasteiger charge is 2.17. The Balaban J connectivity index is 2.23. The molecule has 0 aromatic heterocycles. The first kappa shape index (κ1) is 12.3. The molecule has 1 aliphatic rings. The van der Waals surface area contributed by atoms with Gasteiger partial charge in [-0.2, -0.15) is 0 Å². The second-order valence-electron chi connectivity index (χ2n) is 4.08. The summed E-state index contributed by atoms with van der Waals surface area (Å²) in [5.74, 6) is 0. The van der Waals surface area contributed by atoms with Gasteiger partial charge in [-0.1, -0.05) is 48.0 Å². The van der Waals surface area contributed by atoms with Gasteiger partial charge in [0.05, 0.1) is 11.4 Å². The predicted molar refractivity (Wildman–Crippen MR) is 81.0 cm³/mol. The zero-order chi connectivity index (χ0) is 13.2. The topological polar surface area (TPSA) is 15.6 Å². The number of halogens is 2. The molecule has 2 aromatic carbocycles. The van der Waals surface area contributed by atoms with Crippen molar-refractivity contribution in [1.29, 1.82) is 0 Å². The molecule has 0 bridgehead atoms. The lowest BCUT2D eigenvalue weighted by Gasteiger charge is -2.15. The van der Waals surface area contributed by atoms with E-state index in [1.54, 1.807) is 12.4 Å². The minimum Gasteiger partial charge on any atom is -0.259 e. The Kier molecular flexibility index (Phi) is 3.28. The number of fused-ring (bicyclic) bond motifs is 1. The number of benzene rings is 2. The van der Waals surface area contributed by atoms with Crippen molar-refractivity contribution >= 4 is 34.8 Å². The van der Waals surface area contributed by atoms with Gasteiger partial charge in [0.25, 0.3) is 0 Å². The molecule has 2 nitrogen and oxygen atoms in total. The summed E-state index contributed by atoms with van der Waals surface area (Å²) < 4.78 is 1.53. The van der Waals surface area contributed by atoms with Crippen LogP contribution in [-0.2, 0) is 0 Å². The predicted octanol–water partition coefficient (Wildman–Crippen LogP) is 4.62. The van der Waals surface area contributed by atoms with E-state index < -0.39 is 0 Å². The number of hydrogen-bond donors (Lipinski definition) is 0. The summed E-state index contributed by atoms with van der Waals surface area (Å²) in [4.78, 5) is 4.47. The van der Waals surface area contributed by atoms with Crippen LogP contribution in [-0.4, -0.2) is 5.71 Å². The lowest BCUT2D eigenvalue weighted by molar-refractivity contribution is 1.42. The molecular formula is C15H10Cl2N2. The fourth-order valence-corrected chi connectivity index (χ4v) is 2.47.